The van der Waals surface area contributed by atoms with Gasteiger partial charge in [0.2, 0.25) is 11.8 Å². The molecule has 0 aliphatic carbocycles. The standard InChI is InChI=1S/C23H22N4O2S2/c1-15-3-7-18(8-4-15)24-21(28)14-31-16(2)22(29)25-19-9-5-17(6-10-19)20-13-27-11-12-30-23(27)26-20/h3-13,16H,14H2,1-2H3,(H,24,28)(H,25,29). The molecule has 0 spiro atoms. The molecular weight excluding hydrogens is 428 g/mol. The first-order valence-corrected chi connectivity index (χ1v) is 11.7. The van der Waals surface area contributed by atoms with E-state index in [9.17, 15) is 9.59 Å². The normalized spacial score (nSPS) is 11.9. The summed E-state index contributed by atoms with van der Waals surface area (Å²) >= 11 is 2.89. The molecule has 158 valence electrons. The Hall–Kier alpha value is -3.10. The number of aryl methyl sites for hydroxylation is 1. The van der Waals surface area contributed by atoms with Gasteiger partial charge in [-0.2, -0.15) is 0 Å². The molecule has 2 amide bonds. The number of carbonyl (C=O) groups excluding carboxylic acids is 2. The van der Waals surface area contributed by atoms with E-state index in [0.717, 1.165) is 27.5 Å². The monoisotopic (exact) mass is 450 g/mol. The lowest BCUT2D eigenvalue weighted by atomic mass is 10.1. The number of imidazole rings is 1. The molecular formula is C23H22N4O2S2. The molecule has 31 heavy (non-hydrogen) atoms. The van der Waals surface area contributed by atoms with Crippen molar-refractivity contribution in [3.05, 3.63) is 71.9 Å². The van der Waals surface area contributed by atoms with E-state index in [2.05, 4.69) is 15.6 Å². The van der Waals surface area contributed by atoms with Crippen molar-refractivity contribution >= 4 is 51.2 Å². The van der Waals surface area contributed by atoms with Gasteiger partial charge in [-0.3, -0.25) is 14.0 Å². The smallest absolute Gasteiger partial charge is 0.237 e. The number of amides is 2. The molecule has 8 heteroatoms. The Morgan fingerprint density at radius 2 is 1.74 bits per heavy atom. The summed E-state index contributed by atoms with van der Waals surface area (Å²) in [4.78, 5) is 30.1. The van der Waals surface area contributed by atoms with Crippen LogP contribution >= 0.6 is 23.1 Å². The molecule has 0 aliphatic rings. The van der Waals surface area contributed by atoms with Crippen molar-refractivity contribution < 1.29 is 9.59 Å². The maximum atomic E-state index is 12.5. The predicted octanol–water partition coefficient (Wildman–Crippen LogP) is 5.07. The minimum absolute atomic E-state index is 0.127. The van der Waals surface area contributed by atoms with E-state index in [1.54, 1.807) is 18.3 Å². The molecule has 2 aromatic heterocycles. The Morgan fingerprint density at radius 1 is 1.06 bits per heavy atom. The van der Waals surface area contributed by atoms with Crippen LogP contribution in [-0.2, 0) is 9.59 Å². The van der Waals surface area contributed by atoms with Crippen molar-refractivity contribution in [1.29, 1.82) is 0 Å². The van der Waals surface area contributed by atoms with Crippen LogP contribution in [0.2, 0.25) is 0 Å². The van der Waals surface area contributed by atoms with Gasteiger partial charge in [-0.15, -0.1) is 23.1 Å². The maximum Gasteiger partial charge on any atom is 0.237 e. The predicted molar refractivity (Wildman–Crippen MR) is 129 cm³/mol. The van der Waals surface area contributed by atoms with Crippen molar-refractivity contribution in [1.82, 2.24) is 9.38 Å². The molecule has 0 saturated heterocycles. The number of hydrogen-bond acceptors (Lipinski definition) is 5. The topological polar surface area (TPSA) is 75.5 Å². The van der Waals surface area contributed by atoms with Gasteiger partial charge in [0, 0.05) is 34.7 Å². The van der Waals surface area contributed by atoms with E-state index in [-0.39, 0.29) is 22.8 Å². The zero-order valence-corrected chi connectivity index (χ0v) is 18.8. The number of benzene rings is 2. The van der Waals surface area contributed by atoms with E-state index in [1.807, 2.05) is 77.6 Å². The van der Waals surface area contributed by atoms with Crippen LogP contribution in [0.1, 0.15) is 12.5 Å². The summed E-state index contributed by atoms with van der Waals surface area (Å²) in [5.41, 5.74) is 4.49. The van der Waals surface area contributed by atoms with Gasteiger partial charge in [0.25, 0.3) is 0 Å². The molecule has 2 aromatic carbocycles. The third-order valence-corrected chi connectivity index (χ3v) is 6.62. The molecule has 4 aromatic rings. The van der Waals surface area contributed by atoms with E-state index >= 15 is 0 Å². The summed E-state index contributed by atoms with van der Waals surface area (Å²) in [6.45, 7) is 3.79. The Balaban J connectivity index is 1.27. The van der Waals surface area contributed by atoms with Crippen molar-refractivity contribution in [2.45, 2.75) is 19.1 Å². The van der Waals surface area contributed by atoms with Crippen LogP contribution in [0.5, 0.6) is 0 Å². The number of rotatable bonds is 7. The first kappa shape index (κ1) is 21.1. The molecule has 1 atom stereocenters. The number of thiazole rings is 1. The van der Waals surface area contributed by atoms with E-state index in [1.165, 1.54) is 11.8 Å². The third kappa shape index (κ3) is 5.34. The Morgan fingerprint density at radius 3 is 2.45 bits per heavy atom. The number of anilines is 2. The number of fused-ring (bicyclic) bond motifs is 1. The summed E-state index contributed by atoms with van der Waals surface area (Å²) in [6.07, 6.45) is 3.96. The second-order valence-corrected chi connectivity index (χ2v) is 9.36. The number of carbonyl (C=O) groups is 2. The fourth-order valence-corrected chi connectivity index (χ4v) is 4.33. The third-order valence-electron chi connectivity index (χ3n) is 4.71. The van der Waals surface area contributed by atoms with Gasteiger partial charge < -0.3 is 10.6 Å². The van der Waals surface area contributed by atoms with Crippen molar-refractivity contribution in [3.8, 4) is 11.3 Å². The van der Waals surface area contributed by atoms with Gasteiger partial charge in [-0.25, -0.2) is 4.98 Å². The number of aromatic nitrogens is 2. The van der Waals surface area contributed by atoms with Crippen LogP contribution < -0.4 is 10.6 Å². The molecule has 4 rings (SSSR count). The van der Waals surface area contributed by atoms with Gasteiger partial charge in [-0.1, -0.05) is 29.8 Å². The van der Waals surface area contributed by atoms with Crippen molar-refractivity contribution in [2.75, 3.05) is 16.4 Å². The molecule has 0 bridgehead atoms. The summed E-state index contributed by atoms with van der Waals surface area (Å²) in [7, 11) is 0. The van der Waals surface area contributed by atoms with Crippen LogP contribution in [0, 0.1) is 6.92 Å². The molecule has 6 nitrogen and oxygen atoms in total. The highest BCUT2D eigenvalue weighted by molar-refractivity contribution is 8.01. The SMILES string of the molecule is Cc1ccc(NC(=O)CSC(C)C(=O)Nc2ccc(-c3cn4ccsc4n3)cc2)cc1. The van der Waals surface area contributed by atoms with Gasteiger partial charge >= 0.3 is 0 Å². The van der Waals surface area contributed by atoms with E-state index in [0.29, 0.717) is 5.69 Å². The Kier molecular flexibility index (Phi) is 6.39. The molecule has 2 heterocycles. The fourth-order valence-electron chi connectivity index (χ4n) is 2.95. The first-order chi connectivity index (χ1) is 15.0. The fraction of sp³-hybridized carbons (Fsp3) is 0.174. The minimum Gasteiger partial charge on any atom is -0.325 e. The van der Waals surface area contributed by atoms with Crippen LogP contribution in [0.25, 0.3) is 16.2 Å². The molecule has 0 saturated carbocycles. The summed E-state index contributed by atoms with van der Waals surface area (Å²) in [6, 6.07) is 15.2. The highest BCUT2D eigenvalue weighted by Gasteiger charge is 2.16. The second-order valence-electron chi connectivity index (χ2n) is 7.15. The molecule has 2 N–H and O–H groups in total. The molecule has 0 radical (unpaired) electrons. The lowest BCUT2D eigenvalue weighted by Gasteiger charge is -2.12. The Bertz CT molecular complexity index is 1170. The average molecular weight is 451 g/mol. The largest absolute Gasteiger partial charge is 0.325 e. The lowest BCUT2D eigenvalue weighted by molar-refractivity contribution is -0.115. The van der Waals surface area contributed by atoms with Crippen molar-refractivity contribution in [2.24, 2.45) is 0 Å². The number of nitrogens with one attached hydrogen (secondary N) is 2. The molecule has 0 fully saturated rings. The van der Waals surface area contributed by atoms with Crippen molar-refractivity contribution in [3.63, 3.8) is 0 Å². The quantitative estimate of drug-likeness (QED) is 0.412. The van der Waals surface area contributed by atoms with Crippen LogP contribution in [0.3, 0.4) is 0 Å². The number of nitrogens with zero attached hydrogens (tertiary/aromatic N) is 2. The summed E-state index contributed by atoms with van der Waals surface area (Å²) in [5.74, 6) is -0.0556. The zero-order chi connectivity index (χ0) is 21.8. The van der Waals surface area contributed by atoms with Gasteiger partial charge in [0.1, 0.15) is 0 Å². The Labute approximate surface area is 188 Å². The average Bonchev–Trinajstić information content (AvgIpc) is 3.36. The first-order valence-electron chi connectivity index (χ1n) is 9.79. The highest BCUT2D eigenvalue weighted by atomic mass is 32.2. The second kappa shape index (κ2) is 9.36. The van der Waals surface area contributed by atoms with Gasteiger partial charge in [-0.05, 0) is 38.1 Å². The lowest BCUT2D eigenvalue weighted by Crippen LogP contribution is -2.25. The summed E-state index contributed by atoms with van der Waals surface area (Å²) in [5, 5.41) is 7.39. The van der Waals surface area contributed by atoms with E-state index < -0.39 is 0 Å². The summed E-state index contributed by atoms with van der Waals surface area (Å²) < 4.78 is 1.99. The van der Waals surface area contributed by atoms with Crippen LogP contribution in [-0.4, -0.2) is 32.2 Å². The molecule has 1 unspecified atom stereocenters. The zero-order valence-electron chi connectivity index (χ0n) is 17.2. The van der Waals surface area contributed by atoms with Crippen LogP contribution in [0.4, 0.5) is 11.4 Å². The number of thioether (sulfide) groups is 1. The molecule has 0 aliphatic heterocycles. The van der Waals surface area contributed by atoms with Gasteiger partial charge in [0.15, 0.2) is 4.96 Å². The van der Waals surface area contributed by atoms with Gasteiger partial charge in [0.05, 0.1) is 16.7 Å². The highest BCUT2D eigenvalue weighted by Crippen LogP contribution is 2.23. The number of hydrogen-bond donors (Lipinski definition) is 2. The minimum atomic E-state index is -0.358. The maximum absolute atomic E-state index is 12.5. The van der Waals surface area contributed by atoms with E-state index in [4.69, 9.17) is 0 Å². The van der Waals surface area contributed by atoms with Crippen LogP contribution in [0.15, 0.2) is 66.3 Å².